The van der Waals surface area contributed by atoms with E-state index in [4.69, 9.17) is 0 Å². The molecule has 1 fully saturated rings. The maximum atomic E-state index is 4.31. The molecule has 2 N–H and O–H groups in total. The summed E-state index contributed by atoms with van der Waals surface area (Å²) in [5.41, 5.74) is 1.37. The highest BCUT2D eigenvalue weighted by Gasteiger charge is 2.36. The van der Waals surface area contributed by atoms with E-state index in [0.29, 0.717) is 0 Å². The van der Waals surface area contributed by atoms with Crippen molar-refractivity contribution in [2.75, 3.05) is 39.2 Å². The molecular weight excluding hydrogens is 284 g/mol. The number of hydrogen-bond acceptors (Lipinski definition) is 4. The summed E-state index contributed by atoms with van der Waals surface area (Å²) in [6.45, 7) is 1.64. The Kier molecular flexibility index (Phi) is 5.52. The van der Waals surface area contributed by atoms with Crippen molar-refractivity contribution >= 4 is 17.7 Å². The number of guanidine groups is 1. The molecule has 2 heterocycles. The van der Waals surface area contributed by atoms with Gasteiger partial charge in [0.15, 0.2) is 5.96 Å². The predicted molar refractivity (Wildman–Crippen MR) is 89.8 cm³/mol. The molecular formula is C14H26N6S. The number of aryl methyl sites for hydroxylation is 1. The lowest BCUT2D eigenvalue weighted by Gasteiger charge is -2.36. The minimum Gasteiger partial charge on any atom is -0.355 e. The van der Waals surface area contributed by atoms with Gasteiger partial charge in [0, 0.05) is 38.1 Å². The van der Waals surface area contributed by atoms with E-state index in [9.17, 15) is 0 Å². The van der Waals surface area contributed by atoms with Crippen molar-refractivity contribution in [2.45, 2.75) is 18.5 Å². The van der Waals surface area contributed by atoms with Gasteiger partial charge < -0.3 is 15.5 Å². The molecule has 118 valence electrons. The van der Waals surface area contributed by atoms with Crippen molar-refractivity contribution in [3.8, 4) is 0 Å². The van der Waals surface area contributed by atoms with E-state index in [0.717, 1.165) is 24.7 Å². The number of aliphatic imine (C=N–C) groups is 1. The first kappa shape index (κ1) is 16.2. The van der Waals surface area contributed by atoms with Gasteiger partial charge in [0.25, 0.3) is 0 Å². The van der Waals surface area contributed by atoms with Crippen LogP contribution in [0.3, 0.4) is 0 Å². The van der Waals surface area contributed by atoms with Gasteiger partial charge in [0.2, 0.25) is 0 Å². The average Bonchev–Trinajstić information content (AvgIpc) is 3.09. The van der Waals surface area contributed by atoms with E-state index in [1.807, 2.05) is 42.8 Å². The van der Waals surface area contributed by atoms with Gasteiger partial charge in [0.05, 0.1) is 12.2 Å². The Morgan fingerprint density at radius 1 is 1.52 bits per heavy atom. The second-order valence-electron chi connectivity index (χ2n) is 5.65. The van der Waals surface area contributed by atoms with Gasteiger partial charge in [-0.05, 0) is 32.3 Å². The quantitative estimate of drug-likeness (QED) is 0.613. The summed E-state index contributed by atoms with van der Waals surface area (Å²) in [4.78, 5) is 6.65. The van der Waals surface area contributed by atoms with Gasteiger partial charge in [-0.3, -0.25) is 9.67 Å². The summed E-state index contributed by atoms with van der Waals surface area (Å²) in [6.07, 6.45) is 3.03. The Balaban J connectivity index is 1.86. The molecule has 0 amide bonds. The summed E-state index contributed by atoms with van der Waals surface area (Å²) >= 11 is 2.03. The summed E-state index contributed by atoms with van der Waals surface area (Å²) in [5, 5.41) is 11.0. The third kappa shape index (κ3) is 3.91. The Labute approximate surface area is 131 Å². The molecule has 6 nitrogen and oxygen atoms in total. The lowest BCUT2D eigenvalue weighted by Crippen LogP contribution is -2.54. The molecule has 1 unspecified atom stereocenters. The molecule has 1 saturated heterocycles. The zero-order valence-corrected chi connectivity index (χ0v) is 14.2. The van der Waals surface area contributed by atoms with Crippen LogP contribution in [0, 0.1) is 0 Å². The first-order valence-electron chi connectivity index (χ1n) is 7.24. The largest absolute Gasteiger partial charge is 0.355 e. The maximum Gasteiger partial charge on any atom is 0.191 e. The summed E-state index contributed by atoms with van der Waals surface area (Å²) < 4.78 is 1.87. The number of nitrogens with one attached hydrogen (secondary N) is 2. The topological polar surface area (TPSA) is 57.5 Å². The Morgan fingerprint density at radius 3 is 2.86 bits per heavy atom. The van der Waals surface area contributed by atoms with E-state index in [-0.39, 0.29) is 5.54 Å². The molecule has 21 heavy (non-hydrogen) atoms. The van der Waals surface area contributed by atoms with Crippen LogP contribution in [-0.4, -0.2) is 65.4 Å². The molecule has 1 aromatic heterocycles. The van der Waals surface area contributed by atoms with E-state index in [2.05, 4.69) is 39.7 Å². The van der Waals surface area contributed by atoms with Crippen LogP contribution in [0.25, 0.3) is 0 Å². The zero-order valence-electron chi connectivity index (χ0n) is 13.4. The second-order valence-corrected chi connectivity index (χ2v) is 6.75. The van der Waals surface area contributed by atoms with E-state index >= 15 is 0 Å². The number of aromatic nitrogens is 2. The third-order valence-electron chi connectivity index (χ3n) is 4.20. The van der Waals surface area contributed by atoms with Crippen LogP contribution in [0.2, 0.25) is 0 Å². The fraction of sp³-hybridized carbons (Fsp3) is 0.714. The molecule has 0 aromatic carbocycles. The summed E-state index contributed by atoms with van der Waals surface area (Å²) in [5.74, 6) is 3.25. The molecule has 7 heteroatoms. The molecule has 0 bridgehead atoms. The molecule has 0 saturated carbocycles. The summed E-state index contributed by atoms with van der Waals surface area (Å²) in [7, 11) is 8.09. The van der Waals surface area contributed by atoms with Gasteiger partial charge in [-0.1, -0.05) is 0 Å². The molecule has 2 rings (SSSR count). The van der Waals surface area contributed by atoms with Crippen molar-refractivity contribution in [1.29, 1.82) is 0 Å². The predicted octanol–water partition coefficient (Wildman–Crippen LogP) is 0.522. The highest BCUT2D eigenvalue weighted by molar-refractivity contribution is 7.99. The molecule has 0 radical (unpaired) electrons. The lowest BCUT2D eigenvalue weighted by atomic mass is 9.97. The van der Waals surface area contributed by atoms with Crippen molar-refractivity contribution in [2.24, 2.45) is 12.0 Å². The van der Waals surface area contributed by atoms with Gasteiger partial charge in [0.1, 0.15) is 0 Å². The zero-order chi connectivity index (χ0) is 15.3. The Morgan fingerprint density at radius 2 is 2.33 bits per heavy atom. The van der Waals surface area contributed by atoms with Gasteiger partial charge in [-0.15, -0.1) is 0 Å². The van der Waals surface area contributed by atoms with Crippen molar-refractivity contribution in [1.82, 2.24) is 25.3 Å². The van der Waals surface area contributed by atoms with Crippen molar-refractivity contribution < 1.29 is 0 Å². The van der Waals surface area contributed by atoms with Crippen LogP contribution in [-0.2, 0) is 13.6 Å². The fourth-order valence-electron chi connectivity index (χ4n) is 2.46. The minimum absolute atomic E-state index is 0.231. The Bertz CT molecular complexity index is 476. The van der Waals surface area contributed by atoms with Gasteiger partial charge >= 0.3 is 0 Å². The van der Waals surface area contributed by atoms with Gasteiger partial charge in [-0.25, -0.2) is 0 Å². The van der Waals surface area contributed by atoms with Crippen LogP contribution in [0.4, 0.5) is 0 Å². The molecule has 1 aliphatic heterocycles. The van der Waals surface area contributed by atoms with Crippen LogP contribution in [0.5, 0.6) is 0 Å². The minimum atomic E-state index is 0.231. The highest BCUT2D eigenvalue weighted by Crippen LogP contribution is 2.31. The average molecular weight is 310 g/mol. The fourth-order valence-corrected chi connectivity index (χ4v) is 4.02. The molecule has 1 aliphatic rings. The maximum absolute atomic E-state index is 4.31. The molecule has 1 atom stereocenters. The first-order valence-corrected chi connectivity index (χ1v) is 8.39. The first-order chi connectivity index (χ1) is 10.1. The van der Waals surface area contributed by atoms with Crippen molar-refractivity contribution in [3.63, 3.8) is 0 Å². The summed E-state index contributed by atoms with van der Waals surface area (Å²) in [6, 6.07) is 2.01. The van der Waals surface area contributed by atoms with E-state index in [1.54, 1.807) is 0 Å². The molecule has 0 aliphatic carbocycles. The van der Waals surface area contributed by atoms with E-state index < -0.39 is 0 Å². The molecule has 0 spiro atoms. The Hall–Kier alpha value is -1.21. The number of likely N-dealkylation sites (N-methyl/N-ethyl adjacent to an activating group) is 1. The van der Waals surface area contributed by atoms with Crippen LogP contribution >= 0.6 is 11.8 Å². The second kappa shape index (κ2) is 7.17. The van der Waals surface area contributed by atoms with Crippen molar-refractivity contribution in [3.05, 3.63) is 18.0 Å². The number of nitrogens with zero attached hydrogens (tertiary/aromatic N) is 4. The SMILES string of the molecule is CN=C(NCc1ccnn1C)NCC1(N(C)C)CCSC1. The monoisotopic (exact) mass is 310 g/mol. The third-order valence-corrected chi connectivity index (χ3v) is 5.43. The van der Waals surface area contributed by atoms with Crippen LogP contribution in [0.1, 0.15) is 12.1 Å². The molecule has 1 aromatic rings. The van der Waals surface area contributed by atoms with E-state index in [1.165, 1.54) is 17.9 Å². The lowest BCUT2D eigenvalue weighted by molar-refractivity contribution is 0.183. The van der Waals surface area contributed by atoms with Crippen LogP contribution < -0.4 is 10.6 Å². The number of hydrogen-bond donors (Lipinski definition) is 2. The standard InChI is InChI=1S/C14H26N6S/c1-15-13(16-9-12-5-7-18-20(12)4)17-10-14(19(2)3)6-8-21-11-14/h5,7H,6,8-11H2,1-4H3,(H2,15,16,17). The number of rotatable bonds is 5. The number of thioether (sulfide) groups is 1. The normalized spacial score (nSPS) is 22.8. The van der Waals surface area contributed by atoms with Gasteiger partial charge in [-0.2, -0.15) is 16.9 Å². The highest BCUT2D eigenvalue weighted by atomic mass is 32.2. The van der Waals surface area contributed by atoms with Crippen LogP contribution in [0.15, 0.2) is 17.3 Å². The smallest absolute Gasteiger partial charge is 0.191 e.